The molecule has 1 amide bonds. The van der Waals surface area contributed by atoms with Gasteiger partial charge in [-0.1, -0.05) is 29.8 Å². The molecule has 1 aromatic heterocycles. The van der Waals surface area contributed by atoms with Gasteiger partial charge in [0.25, 0.3) is 10.0 Å². The van der Waals surface area contributed by atoms with E-state index in [1.54, 1.807) is 24.3 Å². The minimum Gasteiger partial charge on any atom is -0.478 e. The lowest BCUT2D eigenvalue weighted by Crippen LogP contribution is -2.41. The van der Waals surface area contributed by atoms with E-state index >= 15 is 0 Å². The summed E-state index contributed by atoms with van der Waals surface area (Å²) in [5.74, 6) is -1.66. The van der Waals surface area contributed by atoms with Gasteiger partial charge >= 0.3 is 5.97 Å². The Morgan fingerprint density at radius 3 is 2.38 bits per heavy atom. The number of benzene rings is 2. The van der Waals surface area contributed by atoms with E-state index in [1.807, 2.05) is 0 Å². The smallest absolute Gasteiger partial charge is 0.336 e. The summed E-state index contributed by atoms with van der Waals surface area (Å²) >= 11 is 7.43. The molecule has 3 aromatic rings. The SMILES string of the molecule is NCc1ccc(S(=O)(=O)N(CC(=O)NCc2cc(C(=O)O)cs2)c2cccc(Cl)c2CN)cc1. The van der Waals surface area contributed by atoms with Crippen LogP contribution in [-0.4, -0.2) is 31.9 Å². The highest BCUT2D eigenvalue weighted by Crippen LogP contribution is 2.31. The maximum Gasteiger partial charge on any atom is 0.336 e. The maximum atomic E-state index is 13.6. The molecule has 0 aliphatic carbocycles. The van der Waals surface area contributed by atoms with E-state index in [4.69, 9.17) is 28.2 Å². The number of carboxylic acids is 1. The first-order chi connectivity index (χ1) is 16.2. The van der Waals surface area contributed by atoms with Crippen molar-refractivity contribution in [2.24, 2.45) is 11.5 Å². The van der Waals surface area contributed by atoms with Gasteiger partial charge in [0.15, 0.2) is 0 Å². The van der Waals surface area contributed by atoms with Crippen LogP contribution in [0, 0.1) is 0 Å². The number of sulfonamides is 1. The number of rotatable bonds is 10. The van der Waals surface area contributed by atoms with Gasteiger partial charge in [-0.15, -0.1) is 11.3 Å². The topological polar surface area (TPSA) is 156 Å². The van der Waals surface area contributed by atoms with Gasteiger partial charge in [-0.05, 0) is 35.9 Å². The quantitative estimate of drug-likeness (QED) is 0.318. The summed E-state index contributed by atoms with van der Waals surface area (Å²) in [4.78, 5) is 24.4. The first kappa shape index (κ1) is 25.7. The number of carbonyl (C=O) groups is 2. The van der Waals surface area contributed by atoms with Crippen molar-refractivity contribution in [1.29, 1.82) is 0 Å². The molecule has 0 fully saturated rings. The number of carboxylic acid groups (broad SMARTS) is 1. The molecule has 0 aliphatic rings. The lowest BCUT2D eigenvalue weighted by atomic mass is 10.1. The first-order valence-electron chi connectivity index (χ1n) is 10.0. The number of aromatic carboxylic acids is 1. The molecule has 9 nitrogen and oxygen atoms in total. The van der Waals surface area contributed by atoms with Crippen molar-refractivity contribution in [3.05, 3.63) is 80.5 Å². The summed E-state index contributed by atoms with van der Waals surface area (Å²) < 4.78 is 28.1. The molecular weight excluding hydrogens is 500 g/mol. The van der Waals surface area contributed by atoms with Crippen molar-refractivity contribution in [3.8, 4) is 0 Å². The Bertz CT molecular complexity index is 1290. The van der Waals surface area contributed by atoms with E-state index in [9.17, 15) is 18.0 Å². The van der Waals surface area contributed by atoms with Gasteiger partial charge in [0.2, 0.25) is 5.91 Å². The number of nitrogens with one attached hydrogen (secondary N) is 1. The molecule has 0 saturated carbocycles. The average Bonchev–Trinajstić information content (AvgIpc) is 3.30. The van der Waals surface area contributed by atoms with Crippen molar-refractivity contribution in [2.45, 2.75) is 24.5 Å². The van der Waals surface area contributed by atoms with Crippen molar-refractivity contribution in [2.75, 3.05) is 10.8 Å². The third kappa shape index (κ3) is 5.75. The third-order valence-corrected chi connectivity index (χ3v) is 8.03. The van der Waals surface area contributed by atoms with Crippen molar-refractivity contribution < 1.29 is 23.1 Å². The Morgan fingerprint density at radius 1 is 1.09 bits per heavy atom. The monoisotopic (exact) mass is 522 g/mol. The van der Waals surface area contributed by atoms with Crippen LogP contribution in [-0.2, 0) is 34.5 Å². The van der Waals surface area contributed by atoms with Gasteiger partial charge in [0, 0.05) is 33.9 Å². The van der Waals surface area contributed by atoms with E-state index < -0.39 is 28.4 Å². The molecule has 180 valence electrons. The summed E-state index contributed by atoms with van der Waals surface area (Å²) in [5.41, 5.74) is 12.9. The Kier molecular flexibility index (Phi) is 8.28. The predicted molar refractivity (Wildman–Crippen MR) is 131 cm³/mol. The van der Waals surface area contributed by atoms with Gasteiger partial charge < -0.3 is 21.9 Å². The van der Waals surface area contributed by atoms with Crippen molar-refractivity contribution in [1.82, 2.24) is 5.32 Å². The molecule has 3 rings (SSSR count). The van der Waals surface area contributed by atoms with Crippen LogP contribution in [0.25, 0.3) is 0 Å². The molecule has 1 heterocycles. The summed E-state index contributed by atoms with van der Waals surface area (Å²) in [6, 6.07) is 12.2. The second kappa shape index (κ2) is 11.0. The largest absolute Gasteiger partial charge is 0.478 e. The highest BCUT2D eigenvalue weighted by atomic mass is 35.5. The first-order valence-corrected chi connectivity index (χ1v) is 12.7. The summed E-state index contributed by atoms with van der Waals surface area (Å²) in [5, 5.41) is 13.4. The summed E-state index contributed by atoms with van der Waals surface area (Å²) in [6.45, 7) is -0.271. The van der Waals surface area contributed by atoms with E-state index in [0.717, 1.165) is 9.87 Å². The Morgan fingerprint density at radius 2 is 1.79 bits per heavy atom. The zero-order valence-corrected chi connectivity index (χ0v) is 20.3. The van der Waals surface area contributed by atoms with E-state index in [0.29, 0.717) is 10.4 Å². The fraction of sp³-hybridized carbons (Fsp3) is 0.182. The Hall–Kier alpha value is -2.96. The molecule has 0 bridgehead atoms. The number of hydrogen-bond acceptors (Lipinski definition) is 7. The molecule has 6 N–H and O–H groups in total. The molecule has 0 radical (unpaired) electrons. The zero-order chi connectivity index (χ0) is 24.9. The summed E-state index contributed by atoms with van der Waals surface area (Å²) in [7, 11) is -4.17. The lowest BCUT2D eigenvalue weighted by molar-refractivity contribution is -0.119. The Labute approximate surface area is 206 Å². The zero-order valence-electron chi connectivity index (χ0n) is 17.9. The summed E-state index contributed by atoms with van der Waals surface area (Å²) in [6.07, 6.45) is 0. The van der Waals surface area contributed by atoms with Gasteiger partial charge in [0.05, 0.1) is 22.7 Å². The standard InChI is InChI=1S/C22H23ClN4O5S2/c23-19-2-1-3-20(18(19)10-25)27(34(31,32)17-6-4-14(9-24)5-7-17)12-21(28)26-11-16-8-15(13-33-16)22(29)30/h1-8,13H,9-12,24-25H2,(H,26,28)(H,29,30). The average molecular weight is 523 g/mol. The van der Waals surface area contributed by atoms with E-state index in [2.05, 4.69) is 5.32 Å². The number of halogens is 1. The fourth-order valence-electron chi connectivity index (χ4n) is 3.16. The number of amides is 1. The Balaban J connectivity index is 1.92. The van der Waals surface area contributed by atoms with Crippen LogP contribution in [0.2, 0.25) is 5.02 Å². The van der Waals surface area contributed by atoms with Gasteiger partial charge in [-0.25, -0.2) is 13.2 Å². The van der Waals surface area contributed by atoms with Crippen molar-refractivity contribution >= 4 is 50.5 Å². The molecule has 0 unspecified atom stereocenters. The molecule has 0 aliphatic heterocycles. The van der Waals surface area contributed by atoms with Crippen LogP contribution in [0.15, 0.2) is 58.8 Å². The van der Waals surface area contributed by atoms with Gasteiger partial charge in [-0.2, -0.15) is 0 Å². The number of nitrogens with zero attached hydrogens (tertiary/aromatic N) is 1. The molecule has 2 aromatic carbocycles. The molecule has 12 heteroatoms. The minimum atomic E-state index is -4.17. The molecule has 0 spiro atoms. The van der Waals surface area contributed by atoms with Crippen LogP contribution in [0.4, 0.5) is 5.69 Å². The molecule has 0 saturated heterocycles. The third-order valence-electron chi connectivity index (χ3n) is 4.96. The maximum absolute atomic E-state index is 13.6. The molecular formula is C22H23ClN4O5S2. The van der Waals surface area contributed by atoms with Crippen LogP contribution in [0.5, 0.6) is 0 Å². The van der Waals surface area contributed by atoms with Crippen LogP contribution >= 0.6 is 22.9 Å². The second-order valence-corrected chi connectivity index (χ2v) is 10.5. The number of hydrogen-bond donors (Lipinski definition) is 4. The van der Waals surface area contributed by atoms with Gasteiger partial charge in [-0.3, -0.25) is 9.10 Å². The molecule has 34 heavy (non-hydrogen) atoms. The number of thiophene rings is 1. The predicted octanol–water partition coefficient (Wildman–Crippen LogP) is 2.53. The van der Waals surface area contributed by atoms with E-state index in [-0.39, 0.29) is 40.8 Å². The fourth-order valence-corrected chi connectivity index (χ4v) is 5.66. The van der Waals surface area contributed by atoms with Crippen LogP contribution in [0.1, 0.15) is 26.4 Å². The van der Waals surface area contributed by atoms with Crippen molar-refractivity contribution in [3.63, 3.8) is 0 Å². The number of nitrogens with two attached hydrogens (primary N) is 2. The number of anilines is 1. The second-order valence-electron chi connectivity index (χ2n) is 7.18. The highest BCUT2D eigenvalue weighted by molar-refractivity contribution is 7.92. The van der Waals surface area contributed by atoms with Crippen LogP contribution in [0.3, 0.4) is 0 Å². The minimum absolute atomic E-state index is 0.0233. The lowest BCUT2D eigenvalue weighted by Gasteiger charge is -2.26. The van der Waals surface area contributed by atoms with Gasteiger partial charge in [0.1, 0.15) is 6.54 Å². The molecule has 0 atom stereocenters. The number of carbonyl (C=O) groups excluding carboxylic acids is 1. The van der Waals surface area contributed by atoms with Crippen LogP contribution < -0.4 is 21.1 Å². The highest BCUT2D eigenvalue weighted by Gasteiger charge is 2.29. The van der Waals surface area contributed by atoms with E-state index in [1.165, 1.54) is 41.0 Å². The normalized spacial score (nSPS) is 11.3.